The van der Waals surface area contributed by atoms with Crippen molar-refractivity contribution in [2.75, 3.05) is 29.9 Å². The molecule has 0 unspecified atom stereocenters. The van der Waals surface area contributed by atoms with Crippen molar-refractivity contribution in [2.24, 2.45) is 0 Å². The summed E-state index contributed by atoms with van der Waals surface area (Å²) in [6.07, 6.45) is 1.91. The first-order chi connectivity index (χ1) is 20.6. The number of imidazole rings is 1. The van der Waals surface area contributed by atoms with Crippen LogP contribution in [-0.2, 0) is 25.7 Å². The number of hydrogen-bond acceptors (Lipinski definition) is 7. The summed E-state index contributed by atoms with van der Waals surface area (Å²) in [5.41, 5.74) is 6.83. The second-order valence-electron chi connectivity index (χ2n) is 11.6. The van der Waals surface area contributed by atoms with Gasteiger partial charge in [-0.05, 0) is 86.6 Å². The summed E-state index contributed by atoms with van der Waals surface area (Å²) in [4.78, 5) is 18.8. The van der Waals surface area contributed by atoms with Gasteiger partial charge in [0.2, 0.25) is 5.95 Å². The molecular weight excluding hydrogens is 555 g/mol. The van der Waals surface area contributed by atoms with Crippen molar-refractivity contribution in [3.05, 3.63) is 88.0 Å². The lowest BCUT2D eigenvalue weighted by Crippen LogP contribution is -2.37. The smallest absolute Gasteiger partial charge is 0.394 e. The summed E-state index contributed by atoms with van der Waals surface area (Å²) in [5, 5.41) is 13.4. The van der Waals surface area contributed by atoms with Gasteiger partial charge in [0.1, 0.15) is 12.1 Å². The van der Waals surface area contributed by atoms with Crippen LogP contribution in [0.4, 0.5) is 30.8 Å². The molecule has 2 aromatic heterocycles. The molecule has 0 amide bonds. The molecular formula is C32H36F3N7O. The molecule has 6 rings (SSSR count). The Bertz CT molecular complexity index is 1590. The third-order valence-corrected chi connectivity index (χ3v) is 8.70. The Kier molecular flexibility index (Phi) is 7.87. The SMILES string of the molecule is Cc1cc(-n2cnc(Nc3nc4c(c(N5CCC[C@H]5CO)n3)CCN(Cc3ccc(C(F)(F)F)cc3)C4)c2)cc(C)c1C. The van der Waals surface area contributed by atoms with Crippen molar-refractivity contribution >= 4 is 17.6 Å². The van der Waals surface area contributed by atoms with Gasteiger partial charge >= 0.3 is 6.18 Å². The number of nitrogens with zero attached hydrogens (tertiary/aromatic N) is 6. The molecule has 4 heterocycles. The highest BCUT2D eigenvalue weighted by Crippen LogP contribution is 2.34. The zero-order valence-electron chi connectivity index (χ0n) is 24.6. The maximum Gasteiger partial charge on any atom is 0.416 e. The third kappa shape index (κ3) is 6.09. The van der Waals surface area contributed by atoms with Gasteiger partial charge in [-0.2, -0.15) is 18.2 Å². The van der Waals surface area contributed by atoms with E-state index in [0.29, 0.717) is 31.3 Å². The summed E-state index contributed by atoms with van der Waals surface area (Å²) >= 11 is 0. The molecule has 0 spiro atoms. The number of aryl methyl sites for hydroxylation is 2. The van der Waals surface area contributed by atoms with Gasteiger partial charge in [-0.3, -0.25) is 4.90 Å². The van der Waals surface area contributed by atoms with Gasteiger partial charge < -0.3 is 19.9 Å². The fourth-order valence-electron chi connectivity index (χ4n) is 6.06. The monoisotopic (exact) mass is 591 g/mol. The van der Waals surface area contributed by atoms with Crippen molar-refractivity contribution in [3.63, 3.8) is 0 Å². The molecule has 1 atom stereocenters. The van der Waals surface area contributed by atoms with Crippen molar-refractivity contribution in [3.8, 4) is 5.69 Å². The molecule has 226 valence electrons. The molecule has 8 nitrogen and oxygen atoms in total. The average molecular weight is 592 g/mol. The Labute approximate surface area is 249 Å². The second-order valence-corrected chi connectivity index (χ2v) is 11.6. The van der Waals surface area contributed by atoms with Crippen LogP contribution >= 0.6 is 0 Å². The van der Waals surface area contributed by atoms with Gasteiger partial charge in [-0.1, -0.05) is 12.1 Å². The Morgan fingerprint density at radius 3 is 2.47 bits per heavy atom. The maximum absolute atomic E-state index is 13.0. The molecule has 2 aromatic carbocycles. The Balaban J connectivity index is 1.27. The minimum atomic E-state index is -4.35. The largest absolute Gasteiger partial charge is 0.416 e. The van der Waals surface area contributed by atoms with E-state index in [0.717, 1.165) is 66.4 Å². The zero-order chi connectivity index (χ0) is 30.3. The van der Waals surface area contributed by atoms with Gasteiger partial charge in [0, 0.05) is 37.4 Å². The van der Waals surface area contributed by atoms with Crippen molar-refractivity contribution in [1.82, 2.24) is 24.4 Å². The van der Waals surface area contributed by atoms with Gasteiger partial charge in [-0.15, -0.1) is 0 Å². The van der Waals surface area contributed by atoms with Crippen molar-refractivity contribution < 1.29 is 18.3 Å². The highest BCUT2D eigenvalue weighted by Gasteiger charge is 2.32. The lowest BCUT2D eigenvalue weighted by atomic mass is 10.0. The maximum atomic E-state index is 13.0. The first kappa shape index (κ1) is 29.1. The van der Waals surface area contributed by atoms with Crippen LogP contribution in [0.2, 0.25) is 0 Å². The molecule has 1 fully saturated rings. The number of aliphatic hydroxyl groups is 1. The molecule has 0 bridgehead atoms. The number of hydrogen-bond donors (Lipinski definition) is 2. The number of fused-ring (bicyclic) bond motifs is 1. The van der Waals surface area contributed by atoms with E-state index in [-0.39, 0.29) is 12.6 Å². The van der Waals surface area contributed by atoms with Gasteiger partial charge in [0.25, 0.3) is 0 Å². The Morgan fingerprint density at radius 1 is 1.02 bits per heavy atom. The summed E-state index contributed by atoms with van der Waals surface area (Å²) in [6.45, 7) is 8.97. The number of rotatable bonds is 7. The predicted octanol–water partition coefficient (Wildman–Crippen LogP) is 5.87. The minimum Gasteiger partial charge on any atom is -0.394 e. The van der Waals surface area contributed by atoms with E-state index in [1.165, 1.54) is 16.7 Å². The number of halogens is 3. The van der Waals surface area contributed by atoms with Crippen LogP contribution in [0.25, 0.3) is 5.69 Å². The molecule has 11 heteroatoms. The number of alkyl halides is 3. The highest BCUT2D eigenvalue weighted by molar-refractivity contribution is 5.58. The van der Waals surface area contributed by atoms with E-state index >= 15 is 0 Å². The summed E-state index contributed by atoms with van der Waals surface area (Å²) in [6, 6.07) is 9.63. The first-order valence-electron chi connectivity index (χ1n) is 14.6. The predicted molar refractivity (Wildman–Crippen MR) is 160 cm³/mol. The van der Waals surface area contributed by atoms with Crippen LogP contribution in [0.15, 0.2) is 48.9 Å². The lowest BCUT2D eigenvalue weighted by molar-refractivity contribution is -0.137. The fourth-order valence-corrected chi connectivity index (χ4v) is 6.06. The van der Waals surface area contributed by atoms with E-state index in [1.54, 1.807) is 18.5 Å². The molecule has 0 radical (unpaired) electrons. The quantitative estimate of drug-likeness (QED) is 0.278. The Hall–Kier alpha value is -3.96. The average Bonchev–Trinajstić information content (AvgIpc) is 3.65. The van der Waals surface area contributed by atoms with Crippen LogP contribution < -0.4 is 10.2 Å². The van der Waals surface area contributed by atoms with Gasteiger partial charge in [-0.25, -0.2) is 9.97 Å². The highest BCUT2D eigenvalue weighted by atomic mass is 19.4. The lowest BCUT2D eigenvalue weighted by Gasteiger charge is -2.33. The first-order valence-corrected chi connectivity index (χ1v) is 14.6. The molecule has 1 saturated heterocycles. The number of nitrogens with one attached hydrogen (secondary N) is 1. The van der Waals surface area contributed by atoms with Crippen molar-refractivity contribution in [2.45, 2.75) is 65.3 Å². The second kappa shape index (κ2) is 11.6. The number of benzene rings is 2. The van der Waals surface area contributed by atoms with Crippen LogP contribution in [0.5, 0.6) is 0 Å². The van der Waals surface area contributed by atoms with Crippen molar-refractivity contribution in [1.29, 1.82) is 0 Å². The van der Waals surface area contributed by atoms with E-state index in [9.17, 15) is 18.3 Å². The summed E-state index contributed by atoms with van der Waals surface area (Å²) < 4.78 is 41.1. The summed E-state index contributed by atoms with van der Waals surface area (Å²) in [5.74, 6) is 1.87. The molecule has 2 aliphatic rings. The number of aromatic nitrogens is 4. The summed E-state index contributed by atoms with van der Waals surface area (Å²) in [7, 11) is 0. The van der Waals surface area contributed by atoms with Gasteiger partial charge in [0.05, 0.1) is 30.1 Å². The van der Waals surface area contributed by atoms with Crippen LogP contribution in [0.1, 0.15) is 51.9 Å². The van der Waals surface area contributed by atoms with Crippen LogP contribution in [-0.4, -0.2) is 55.3 Å². The van der Waals surface area contributed by atoms with E-state index in [1.807, 2.05) is 10.8 Å². The zero-order valence-corrected chi connectivity index (χ0v) is 24.6. The standard InChI is InChI=1S/C32H36F3N7O/c1-20-13-26(14-21(2)22(20)3)41-17-29(36-19-41)38-31-37-28-16-40(15-23-6-8-24(9-7-23)32(33,34)35)12-10-27(28)30(39-31)42-11-4-5-25(42)18-43/h6-9,13-14,17,19,25,43H,4-5,10-12,15-16,18H2,1-3H3,(H,37,38,39)/t25-/m0/s1. The van der Waals surface area contributed by atoms with Crippen LogP contribution in [0, 0.1) is 20.8 Å². The van der Waals surface area contributed by atoms with Crippen LogP contribution in [0.3, 0.4) is 0 Å². The molecule has 43 heavy (non-hydrogen) atoms. The minimum absolute atomic E-state index is 0.00394. The molecule has 4 aromatic rings. The Morgan fingerprint density at radius 2 is 1.77 bits per heavy atom. The van der Waals surface area contributed by atoms with E-state index in [4.69, 9.17) is 9.97 Å². The molecule has 2 N–H and O–H groups in total. The number of aliphatic hydroxyl groups excluding tert-OH is 1. The molecule has 2 aliphatic heterocycles. The molecule has 0 aliphatic carbocycles. The number of anilines is 3. The van der Waals surface area contributed by atoms with E-state index in [2.05, 4.69) is 53.0 Å². The topological polar surface area (TPSA) is 82.3 Å². The normalized spacial score (nSPS) is 17.4. The molecule has 0 saturated carbocycles. The van der Waals surface area contributed by atoms with Gasteiger partial charge in [0.15, 0.2) is 5.82 Å². The third-order valence-electron chi connectivity index (χ3n) is 8.70. The van der Waals surface area contributed by atoms with E-state index < -0.39 is 11.7 Å². The fraction of sp³-hybridized carbons (Fsp3) is 0.406.